The minimum absolute atomic E-state index is 0.0173. The molecular formula is C26H22ClF4N3O4. The zero-order valence-electron chi connectivity index (χ0n) is 20.2. The van der Waals surface area contributed by atoms with Crippen LogP contribution in [-0.4, -0.2) is 49.6 Å². The molecule has 38 heavy (non-hydrogen) atoms. The summed E-state index contributed by atoms with van der Waals surface area (Å²) in [5.74, 6) is -5.34. The van der Waals surface area contributed by atoms with Gasteiger partial charge in [-0.2, -0.15) is 5.10 Å². The molecule has 1 amide bonds. The Morgan fingerprint density at radius 2 is 1.79 bits per heavy atom. The van der Waals surface area contributed by atoms with E-state index in [-0.39, 0.29) is 47.8 Å². The number of hydrogen-bond acceptors (Lipinski definition) is 6. The number of anilines is 1. The average molecular weight is 552 g/mol. The molecule has 1 aromatic heterocycles. The molecule has 2 aliphatic rings. The van der Waals surface area contributed by atoms with Crippen LogP contribution < -0.4 is 10.3 Å². The van der Waals surface area contributed by atoms with Crippen molar-refractivity contribution in [3.05, 3.63) is 88.3 Å². The maximum absolute atomic E-state index is 15.1. The van der Waals surface area contributed by atoms with Crippen molar-refractivity contribution < 1.29 is 36.2 Å². The van der Waals surface area contributed by atoms with Crippen LogP contribution in [0.5, 0.6) is 0 Å². The van der Waals surface area contributed by atoms with E-state index >= 15 is 8.78 Å². The van der Waals surface area contributed by atoms with E-state index in [0.29, 0.717) is 12.1 Å². The van der Waals surface area contributed by atoms with E-state index in [2.05, 4.69) is 10.4 Å². The second kappa shape index (κ2) is 9.72. The Kier molecular flexibility index (Phi) is 6.70. The third-order valence-corrected chi connectivity index (χ3v) is 6.93. The van der Waals surface area contributed by atoms with Gasteiger partial charge in [-0.1, -0.05) is 0 Å². The molecule has 5 rings (SSSR count). The summed E-state index contributed by atoms with van der Waals surface area (Å²) in [5, 5.41) is 8.42. The van der Waals surface area contributed by atoms with Gasteiger partial charge in [-0.25, -0.2) is 22.6 Å². The number of hydrogen-bond donors (Lipinski definition) is 1. The molecule has 0 bridgehead atoms. The number of carbonyl (C=O) groups excluding carboxylic acids is 1. The molecule has 200 valence electrons. The number of rotatable bonds is 7. The zero-order valence-corrected chi connectivity index (χ0v) is 21.0. The first-order valence-electron chi connectivity index (χ1n) is 11.5. The molecule has 3 aromatic rings. The lowest BCUT2D eigenvalue weighted by atomic mass is 9.77. The van der Waals surface area contributed by atoms with Crippen molar-refractivity contribution in [2.45, 2.75) is 23.9 Å². The van der Waals surface area contributed by atoms with E-state index < -0.39 is 46.2 Å². The van der Waals surface area contributed by atoms with Crippen molar-refractivity contribution in [1.29, 1.82) is 0 Å². The van der Waals surface area contributed by atoms with Gasteiger partial charge in [-0.05, 0) is 54.9 Å². The number of amides is 1. The number of halogens is 5. The Hall–Kier alpha value is -3.41. The van der Waals surface area contributed by atoms with Gasteiger partial charge >= 0.3 is 0 Å². The first-order chi connectivity index (χ1) is 18.1. The topological polar surface area (TPSA) is 76.3 Å². The molecule has 2 atom stereocenters. The third-order valence-electron chi connectivity index (χ3n) is 6.72. The molecule has 2 unspecified atom stereocenters. The lowest BCUT2D eigenvalue weighted by Crippen LogP contribution is -2.70. The summed E-state index contributed by atoms with van der Waals surface area (Å²) in [5.41, 5.74) is -3.15. The number of carbonyl (C=O) groups is 1. The quantitative estimate of drug-likeness (QED) is 0.428. The minimum Gasteiger partial charge on any atom is -0.449 e. The van der Waals surface area contributed by atoms with E-state index in [4.69, 9.17) is 25.5 Å². The lowest BCUT2D eigenvalue weighted by molar-refractivity contribution is -0.143. The molecule has 0 aliphatic carbocycles. The Bertz CT molecular complexity index is 1430. The van der Waals surface area contributed by atoms with Crippen molar-refractivity contribution in [3.8, 4) is 0 Å². The SMILES string of the molecule is COCC1(NC(=O)C2(C)C(c3ccc(Cl)o3)C(c3ccc(F)cc3F)=NN2c2ccc(F)cc2F)COC1. The van der Waals surface area contributed by atoms with E-state index in [9.17, 15) is 13.6 Å². The molecule has 7 nitrogen and oxygen atoms in total. The highest BCUT2D eigenvalue weighted by molar-refractivity contribution is 6.28. The number of nitrogens with one attached hydrogen (secondary N) is 1. The highest BCUT2D eigenvalue weighted by Crippen LogP contribution is 2.47. The predicted octanol–water partition coefficient (Wildman–Crippen LogP) is 4.79. The second-order valence-corrected chi connectivity index (χ2v) is 9.77. The van der Waals surface area contributed by atoms with Crippen LogP contribution >= 0.6 is 11.6 Å². The normalized spacial score (nSPS) is 22.2. The largest absolute Gasteiger partial charge is 0.449 e. The van der Waals surface area contributed by atoms with Gasteiger partial charge in [0.05, 0.1) is 37.1 Å². The van der Waals surface area contributed by atoms with Crippen LogP contribution in [0.3, 0.4) is 0 Å². The summed E-state index contributed by atoms with van der Waals surface area (Å²) in [6.07, 6.45) is 0. The minimum atomic E-state index is -1.81. The van der Waals surface area contributed by atoms with Crippen LogP contribution in [0.1, 0.15) is 24.2 Å². The highest BCUT2D eigenvalue weighted by atomic mass is 35.5. The van der Waals surface area contributed by atoms with Crippen LogP contribution in [0.2, 0.25) is 5.22 Å². The number of benzene rings is 2. The molecule has 12 heteroatoms. The Morgan fingerprint density at radius 3 is 2.34 bits per heavy atom. The number of ether oxygens (including phenoxy) is 2. The van der Waals surface area contributed by atoms with Crippen molar-refractivity contribution in [3.63, 3.8) is 0 Å². The second-order valence-electron chi connectivity index (χ2n) is 9.40. The van der Waals surface area contributed by atoms with Gasteiger partial charge in [0, 0.05) is 24.8 Å². The highest BCUT2D eigenvalue weighted by Gasteiger charge is 2.58. The lowest BCUT2D eigenvalue weighted by Gasteiger charge is -2.45. The number of nitrogens with zero attached hydrogens (tertiary/aromatic N) is 2. The smallest absolute Gasteiger partial charge is 0.249 e. The van der Waals surface area contributed by atoms with Crippen molar-refractivity contribution in [2.75, 3.05) is 31.9 Å². The third kappa shape index (κ3) is 4.34. The maximum Gasteiger partial charge on any atom is 0.249 e. The molecule has 0 saturated carbocycles. The first-order valence-corrected chi connectivity index (χ1v) is 11.9. The summed E-state index contributed by atoms with van der Waals surface area (Å²) >= 11 is 6.05. The van der Waals surface area contributed by atoms with E-state index in [1.165, 1.54) is 26.2 Å². The van der Waals surface area contributed by atoms with E-state index in [0.717, 1.165) is 29.3 Å². The molecule has 1 N–H and O–H groups in total. The summed E-state index contributed by atoms with van der Waals surface area (Å²) < 4.78 is 74.0. The standard InChI is InChI=1S/C26H22ClF4N3O4/c1-25(24(35)32-26(11-36-2)12-37-13-26)22(20-7-8-21(27)38-20)23(16-5-3-14(28)9-17(16)30)33-34(25)19-6-4-15(29)10-18(19)31/h3-10,22H,11-13H2,1-2H3,(H,32,35). The zero-order chi connectivity index (χ0) is 27.2. The summed E-state index contributed by atoms with van der Waals surface area (Å²) in [6, 6.07) is 8.55. The van der Waals surface area contributed by atoms with Crippen molar-refractivity contribution in [2.24, 2.45) is 5.10 Å². The van der Waals surface area contributed by atoms with Crippen LogP contribution in [0, 0.1) is 23.3 Å². The summed E-state index contributed by atoms with van der Waals surface area (Å²) in [4.78, 5) is 14.2. The molecular weight excluding hydrogens is 530 g/mol. The fourth-order valence-corrected chi connectivity index (χ4v) is 4.98. The summed E-state index contributed by atoms with van der Waals surface area (Å²) in [7, 11) is 1.47. The summed E-state index contributed by atoms with van der Waals surface area (Å²) in [6.45, 7) is 1.90. The Labute approximate surface area is 220 Å². The van der Waals surface area contributed by atoms with Crippen LogP contribution in [0.15, 0.2) is 58.0 Å². The fourth-order valence-electron chi connectivity index (χ4n) is 4.83. The van der Waals surface area contributed by atoms with Gasteiger partial charge in [-0.3, -0.25) is 4.79 Å². The van der Waals surface area contributed by atoms with Gasteiger partial charge < -0.3 is 19.2 Å². The molecule has 0 radical (unpaired) electrons. The molecule has 0 spiro atoms. The van der Waals surface area contributed by atoms with Crippen LogP contribution in [0.25, 0.3) is 0 Å². The molecule has 2 aliphatic heterocycles. The Balaban J connectivity index is 1.72. The monoisotopic (exact) mass is 551 g/mol. The van der Waals surface area contributed by atoms with Crippen molar-refractivity contribution in [1.82, 2.24) is 5.32 Å². The van der Waals surface area contributed by atoms with E-state index in [1.54, 1.807) is 0 Å². The molecule has 1 fully saturated rings. The predicted molar refractivity (Wildman–Crippen MR) is 130 cm³/mol. The van der Waals surface area contributed by atoms with Crippen molar-refractivity contribution >= 4 is 28.9 Å². The molecule has 3 heterocycles. The van der Waals surface area contributed by atoms with Gasteiger partial charge in [0.25, 0.3) is 0 Å². The van der Waals surface area contributed by atoms with Gasteiger partial charge in [0.2, 0.25) is 5.91 Å². The number of hydrazone groups is 1. The van der Waals surface area contributed by atoms with Gasteiger partial charge in [0.15, 0.2) is 16.6 Å². The molecule has 2 aromatic carbocycles. The fraction of sp³-hybridized carbons (Fsp3) is 0.308. The maximum atomic E-state index is 15.1. The first kappa shape index (κ1) is 26.2. The Morgan fingerprint density at radius 1 is 1.11 bits per heavy atom. The number of furan rings is 1. The van der Waals surface area contributed by atoms with Gasteiger partial charge in [-0.15, -0.1) is 0 Å². The van der Waals surface area contributed by atoms with Gasteiger partial charge in [0.1, 0.15) is 28.8 Å². The van der Waals surface area contributed by atoms with Crippen LogP contribution in [0.4, 0.5) is 23.2 Å². The van der Waals surface area contributed by atoms with E-state index in [1.807, 2.05) is 0 Å². The number of methoxy groups -OCH3 is 1. The van der Waals surface area contributed by atoms with Crippen LogP contribution in [-0.2, 0) is 14.3 Å². The average Bonchev–Trinajstić information content (AvgIpc) is 3.39. The molecule has 1 saturated heterocycles.